The average molecular weight is 288 g/mol. The molecular weight excluding hydrogens is 279 g/mol. The number of ether oxygens (including phenoxy) is 1. The van der Waals surface area contributed by atoms with Crippen molar-refractivity contribution in [2.45, 2.75) is 19.3 Å². The Kier molecular flexibility index (Phi) is 2.53. The minimum atomic E-state index is -0.108. The normalized spacial score (nSPS) is 15.9. The second-order valence-electron chi connectivity index (χ2n) is 3.06. The molecule has 1 aliphatic rings. The van der Waals surface area contributed by atoms with Crippen LogP contribution in [0.15, 0.2) is 18.2 Å². The van der Waals surface area contributed by atoms with Crippen LogP contribution in [0.5, 0.6) is 5.75 Å². The van der Waals surface area contributed by atoms with E-state index in [0.29, 0.717) is 6.42 Å². The molecule has 0 amide bonds. The second-order valence-corrected chi connectivity index (χ2v) is 4.22. The van der Waals surface area contributed by atoms with Crippen LogP contribution in [0.3, 0.4) is 0 Å². The number of rotatable bonds is 0. The minimum absolute atomic E-state index is 0.108. The molecule has 68 valence electrons. The molecule has 2 rings (SSSR count). The Morgan fingerprint density at radius 1 is 1.31 bits per heavy atom. The van der Waals surface area contributed by atoms with Crippen molar-refractivity contribution in [3.63, 3.8) is 0 Å². The summed E-state index contributed by atoms with van der Waals surface area (Å²) < 4.78 is 6.26. The Hall–Kier alpha value is -0.580. The van der Waals surface area contributed by atoms with Gasteiger partial charge < -0.3 is 4.74 Å². The molecule has 0 fully saturated rings. The van der Waals surface area contributed by atoms with E-state index in [1.807, 2.05) is 18.2 Å². The molecule has 1 heterocycles. The van der Waals surface area contributed by atoms with Crippen molar-refractivity contribution in [3.05, 3.63) is 27.3 Å². The van der Waals surface area contributed by atoms with Gasteiger partial charge in [-0.3, -0.25) is 4.79 Å². The first-order valence-corrected chi connectivity index (χ1v) is 5.33. The minimum Gasteiger partial charge on any atom is -0.425 e. The van der Waals surface area contributed by atoms with E-state index < -0.39 is 0 Å². The summed E-state index contributed by atoms with van der Waals surface area (Å²) in [5.74, 6) is 0.661. The summed E-state index contributed by atoms with van der Waals surface area (Å²) in [7, 11) is 0. The van der Waals surface area contributed by atoms with Gasteiger partial charge in [0.15, 0.2) is 0 Å². The van der Waals surface area contributed by atoms with E-state index in [0.717, 1.165) is 27.7 Å². The zero-order chi connectivity index (χ0) is 9.26. The van der Waals surface area contributed by atoms with Crippen molar-refractivity contribution >= 4 is 28.6 Å². The number of para-hydroxylation sites is 1. The number of carbonyl (C=O) groups is 1. The summed E-state index contributed by atoms with van der Waals surface area (Å²) in [5.41, 5.74) is 1.15. The van der Waals surface area contributed by atoms with Gasteiger partial charge in [0.05, 0.1) is 3.57 Å². The van der Waals surface area contributed by atoms with E-state index in [2.05, 4.69) is 22.6 Å². The average Bonchev–Trinajstić information content (AvgIpc) is 2.28. The van der Waals surface area contributed by atoms with E-state index in [1.165, 1.54) is 0 Å². The van der Waals surface area contributed by atoms with Gasteiger partial charge in [-0.25, -0.2) is 0 Å². The van der Waals surface area contributed by atoms with E-state index in [1.54, 1.807) is 0 Å². The standard InChI is InChI=1S/C10H9IO2/c11-8-5-1-3-7-4-2-6-9(12)13-10(7)8/h1,3,5H,2,4,6H2. The third-order valence-electron chi connectivity index (χ3n) is 2.09. The maximum atomic E-state index is 11.2. The fourth-order valence-corrected chi connectivity index (χ4v) is 2.12. The molecule has 0 unspecified atom stereocenters. The Labute approximate surface area is 90.4 Å². The largest absolute Gasteiger partial charge is 0.425 e. The zero-order valence-electron chi connectivity index (χ0n) is 7.05. The van der Waals surface area contributed by atoms with Crippen molar-refractivity contribution in [2.24, 2.45) is 0 Å². The summed E-state index contributed by atoms with van der Waals surface area (Å²) >= 11 is 2.19. The van der Waals surface area contributed by atoms with Crippen molar-refractivity contribution in [3.8, 4) is 5.75 Å². The second kappa shape index (κ2) is 3.65. The third-order valence-corrected chi connectivity index (χ3v) is 2.94. The van der Waals surface area contributed by atoms with Gasteiger partial charge in [-0.05, 0) is 47.1 Å². The van der Waals surface area contributed by atoms with Gasteiger partial charge in [-0.15, -0.1) is 0 Å². The molecule has 0 bridgehead atoms. The van der Waals surface area contributed by atoms with Gasteiger partial charge in [0.1, 0.15) is 5.75 Å². The quantitative estimate of drug-likeness (QED) is 0.416. The molecule has 1 aromatic rings. The molecular formula is C10H9IO2. The molecule has 0 atom stereocenters. The Bertz CT molecular complexity index is 347. The summed E-state index contributed by atoms with van der Waals surface area (Å²) in [6, 6.07) is 5.98. The highest BCUT2D eigenvalue weighted by Crippen LogP contribution is 2.29. The van der Waals surface area contributed by atoms with Gasteiger partial charge in [0.2, 0.25) is 0 Å². The van der Waals surface area contributed by atoms with Crippen LogP contribution in [-0.2, 0) is 11.2 Å². The SMILES string of the molecule is O=C1CCCc2cccc(I)c2O1. The first-order valence-electron chi connectivity index (χ1n) is 4.25. The lowest BCUT2D eigenvalue weighted by molar-refractivity contribution is -0.134. The zero-order valence-corrected chi connectivity index (χ0v) is 9.21. The first kappa shape index (κ1) is 8.99. The molecule has 0 N–H and O–H groups in total. The summed E-state index contributed by atoms with van der Waals surface area (Å²) in [6.45, 7) is 0. The molecule has 2 nitrogen and oxygen atoms in total. The Balaban J connectivity index is 2.46. The number of benzene rings is 1. The van der Waals surface area contributed by atoms with Gasteiger partial charge in [0, 0.05) is 6.42 Å². The van der Waals surface area contributed by atoms with E-state index in [-0.39, 0.29) is 5.97 Å². The van der Waals surface area contributed by atoms with Crippen molar-refractivity contribution in [1.82, 2.24) is 0 Å². The predicted molar refractivity (Wildman–Crippen MR) is 57.7 cm³/mol. The molecule has 0 saturated carbocycles. The lowest BCUT2D eigenvalue weighted by atomic mass is 10.1. The molecule has 0 aromatic heterocycles. The van der Waals surface area contributed by atoms with Crippen LogP contribution in [0.1, 0.15) is 18.4 Å². The first-order chi connectivity index (χ1) is 6.27. The predicted octanol–water partition coefficient (Wildman–Crippen LogP) is 2.53. The lowest BCUT2D eigenvalue weighted by Crippen LogP contribution is -2.06. The van der Waals surface area contributed by atoms with E-state index in [4.69, 9.17) is 4.74 Å². The fraction of sp³-hybridized carbons (Fsp3) is 0.300. The lowest BCUT2D eigenvalue weighted by Gasteiger charge is -2.06. The van der Waals surface area contributed by atoms with E-state index in [9.17, 15) is 4.79 Å². The number of aryl methyl sites for hydroxylation is 1. The third kappa shape index (κ3) is 1.85. The van der Waals surface area contributed by atoms with Crippen LogP contribution >= 0.6 is 22.6 Å². The van der Waals surface area contributed by atoms with Crippen LogP contribution < -0.4 is 4.74 Å². The van der Waals surface area contributed by atoms with E-state index >= 15 is 0 Å². The van der Waals surface area contributed by atoms with Crippen molar-refractivity contribution in [2.75, 3.05) is 0 Å². The van der Waals surface area contributed by atoms with Gasteiger partial charge in [-0.2, -0.15) is 0 Å². The number of halogens is 1. The Morgan fingerprint density at radius 2 is 2.15 bits per heavy atom. The number of hydrogen-bond donors (Lipinski definition) is 0. The van der Waals surface area contributed by atoms with Crippen LogP contribution in [-0.4, -0.2) is 5.97 Å². The Morgan fingerprint density at radius 3 is 3.00 bits per heavy atom. The maximum Gasteiger partial charge on any atom is 0.311 e. The molecule has 0 aliphatic carbocycles. The summed E-state index contributed by atoms with van der Waals surface area (Å²) in [4.78, 5) is 11.2. The van der Waals surface area contributed by atoms with Gasteiger partial charge in [-0.1, -0.05) is 12.1 Å². The van der Waals surface area contributed by atoms with Crippen LogP contribution in [0, 0.1) is 3.57 Å². The highest BCUT2D eigenvalue weighted by atomic mass is 127. The number of hydrogen-bond acceptors (Lipinski definition) is 2. The number of esters is 1. The molecule has 0 saturated heterocycles. The van der Waals surface area contributed by atoms with Gasteiger partial charge >= 0.3 is 5.97 Å². The molecule has 1 aromatic carbocycles. The molecule has 0 radical (unpaired) electrons. The summed E-state index contributed by atoms with van der Waals surface area (Å²) in [5, 5.41) is 0. The number of carbonyl (C=O) groups excluding carboxylic acids is 1. The number of fused-ring (bicyclic) bond motifs is 1. The van der Waals surface area contributed by atoms with Crippen LogP contribution in [0.4, 0.5) is 0 Å². The van der Waals surface area contributed by atoms with Crippen LogP contribution in [0.2, 0.25) is 0 Å². The summed E-state index contributed by atoms with van der Waals surface area (Å²) in [6.07, 6.45) is 2.37. The molecule has 0 spiro atoms. The van der Waals surface area contributed by atoms with Crippen molar-refractivity contribution < 1.29 is 9.53 Å². The van der Waals surface area contributed by atoms with Crippen LogP contribution in [0.25, 0.3) is 0 Å². The smallest absolute Gasteiger partial charge is 0.311 e. The molecule has 3 heteroatoms. The van der Waals surface area contributed by atoms with Gasteiger partial charge in [0.25, 0.3) is 0 Å². The highest BCUT2D eigenvalue weighted by molar-refractivity contribution is 14.1. The van der Waals surface area contributed by atoms with Crippen molar-refractivity contribution in [1.29, 1.82) is 0 Å². The highest BCUT2D eigenvalue weighted by Gasteiger charge is 2.16. The monoisotopic (exact) mass is 288 g/mol. The molecule has 1 aliphatic heterocycles. The topological polar surface area (TPSA) is 26.3 Å². The maximum absolute atomic E-state index is 11.2. The fourth-order valence-electron chi connectivity index (χ4n) is 1.45. The molecule has 13 heavy (non-hydrogen) atoms.